The predicted octanol–water partition coefficient (Wildman–Crippen LogP) is 2.16. The lowest BCUT2D eigenvalue weighted by atomic mass is 10.1. The summed E-state index contributed by atoms with van der Waals surface area (Å²) >= 11 is 0. The molecule has 1 aromatic rings. The quantitative estimate of drug-likeness (QED) is 0.796. The molecule has 0 aliphatic carbocycles. The Labute approximate surface area is 138 Å². The summed E-state index contributed by atoms with van der Waals surface area (Å²) in [6.07, 6.45) is 2.32. The molecule has 2 fully saturated rings. The van der Waals surface area contributed by atoms with Gasteiger partial charge in [0.2, 0.25) is 0 Å². The molecule has 0 atom stereocenters. The fourth-order valence-electron chi connectivity index (χ4n) is 3.42. The lowest BCUT2D eigenvalue weighted by molar-refractivity contribution is 0.0321. The van der Waals surface area contributed by atoms with Crippen molar-refractivity contribution in [1.29, 1.82) is 0 Å². The van der Waals surface area contributed by atoms with Gasteiger partial charge in [0.05, 0.1) is 12.2 Å². The highest BCUT2D eigenvalue weighted by Crippen LogP contribution is 2.21. The van der Waals surface area contributed by atoms with Crippen LogP contribution in [0.5, 0.6) is 0 Å². The van der Waals surface area contributed by atoms with Gasteiger partial charge in [0.1, 0.15) is 0 Å². The van der Waals surface area contributed by atoms with Gasteiger partial charge in [0, 0.05) is 51.1 Å². The molecule has 0 saturated carbocycles. The van der Waals surface area contributed by atoms with Gasteiger partial charge >= 0.3 is 5.97 Å². The summed E-state index contributed by atoms with van der Waals surface area (Å²) in [4.78, 5) is 16.7. The van der Waals surface area contributed by atoms with Gasteiger partial charge in [0.15, 0.2) is 0 Å². The smallest absolute Gasteiger partial charge is 0.338 e. The third-order valence-electron chi connectivity index (χ3n) is 4.77. The van der Waals surface area contributed by atoms with Crippen LogP contribution in [0, 0.1) is 0 Å². The van der Waals surface area contributed by atoms with Crippen molar-refractivity contribution in [1.82, 2.24) is 4.90 Å². The average Bonchev–Trinajstić information content (AvgIpc) is 2.63. The molecule has 5 nitrogen and oxygen atoms in total. The van der Waals surface area contributed by atoms with E-state index in [1.54, 1.807) is 0 Å². The number of hydrogen-bond donors (Lipinski definition) is 0. The number of benzene rings is 1. The van der Waals surface area contributed by atoms with E-state index in [1.807, 2.05) is 31.2 Å². The Kier molecular flexibility index (Phi) is 5.51. The number of piperazine rings is 1. The molecule has 0 amide bonds. The van der Waals surface area contributed by atoms with Crippen LogP contribution in [-0.4, -0.2) is 62.9 Å². The zero-order chi connectivity index (χ0) is 16.1. The molecule has 0 spiro atoms. The second kappa shape index (κ2) is 7.79. The van der Waals surface area contributed by atoms with Crippen LogP contribution in [0.4, 0.5) is 5.69 Å². The highest BCUT2D eigenvalue weighted by molar-refractivity contribution is 5.89. The Bertz CT molecular complexity index is 504. The van der Waals surface area contributed by atoms with Gasteiger partial charge in [-0.15, -0.1) is 0 Å². The van der Waals surface area contributed by atoms with Crippen molar-refractivity contribution < 1.29 is 14.3 Å². The second-order valence-electron chi connectivity index (χ2n) is 6.13. The monoisotopic (exact) mass is 318 g/mol. The molecule has 0 aromatic heterocycles. The number of rotatable bonds is 4. The van der Waals surface area contributed by atoms with Crippen LogP contribution in [0.15, 0.2) is 24.3 Å². The zero-order valence-corrected chi connectivity index (χ0v) is 13.9. The molecule has 2 heterocycles. The molecule has 2 aliphatic rings. The van der Waals surface area contributed by atoms with Gasteiger partial charge in [-0.25, -0.2) is 4.79 Å². The summed E-state index contributed by atoms with van der Waals surface area (Å²) in [6, 6.07) is 8.46. The summed E-state index contributed by atoms with van der Waals surface area (Å²) < 4.78 is 10.5. The third-order valence-corrected chi connectivity index (χ3v) is 4.77. The Morgan fingerprint density at radius 2 is 1.78 bits per heavy atom. The number of ether oxygens (including phenoxy) is 2. The lowest BCUT2D eigenvalue weighted by Crippen LogP contribution is -2.51. The van der Waals surface area contributed by atoms with Crippen molar-refractivity contribution in [2.75, 3.05) is 50.9 Å². The largest absolute Gasteiger partial charge is 0.462 e. The molecular formula is C18H26N2O3. The van der Waals surface area contributed by atoms with Gasteiger partial charge in [-0.1, -0.05) is 0 Å². The summed E-state index contributed by atoms with van der Waals surface area (Å²) in [5.74, 6) is -0.247. The van der Waals surface area contributed by atoms with Crippen molar-refractivity contribution in [3.05, 3.63) is 29.8 Å². The summed E-state index contributed by atoms with van der Waals surface area (Å²) in [5.41, 5.74) is 1.81. The molecule has 5 heteroatoms. The predicted molar refractivity (Wildman–Crippen MR) is 90.0 cm³/mol. The average molecular weight is 318 g/mol. The van der Waals surface area contributed by atoms with Crippen LogP contribution in [0.3, 0.4) is 0 Å². The first-order chi connectivity index (χ1) is 11.3. The van der Waals surface area contributed by atoms with Gasteiger partial charge in [-0.3, -0.25) is 4.90 Å². The number of carbonyl (C=O) groups excluding carboxylic acids is 1. The SMILES string of the molecule is CCOC(=O)c1ccc(N2CCN(C3CCOCC3)CC2)cc1. The molecule has 0 unspecified atom stereocenters. The topological polar surface area (TPSA) is 42.0 Å². The van der Waals surface area contributed by atoms with Crippen LogP contribution in [0.2, 0.25) is 0 Å². The van der Waals surface area contributed by atoms with Gasteiger partial charge in [-0.2, -0.15) is 0 Å². The number of hydrogen-bond acceptors (Lipinski definition) is 5. The van der Waals surface area contributed by atoms with Gasteiger partial charge < -0.3 is 14.4 Å². The van der Waals surface area contributed by atoms with E-state index in [-0.39, 0.29) is 5.97 Å². The van der Waals surface area contributed by atoms with Crippen LogP contribution >= 0.6 is 0 Å². The zero-order valence-electron chi connectivity index (χ0n) is 13.9. The first kappa shape index (κ1) is 16.3. The summed E-state index contributed by atoms with van der Waals surface area (Å²) in [7, 11) is 0. The maximum atomic E-state index is 11.7. The molecule has 0 N–H and O–H groups in total. The maximum absolute atomic E-state index is 11.7. The Balaban J connectivity index is 1.54. The molecule has 23 heavy (non-hydrogen) atoms. The van der Waals surface area contributed by atoms with E-state index in [9.17, 15) is 4.79 Å². The highest BCUT2D eigenvalue weighted by Gasteiger charge is 2.25. The minimum absolute atomic E-state index is 0.247. The van der Waals surface area contributed by atoms with E-state index in [2.05, 4.69) is 9.80 Å². The molecule has 2 saturated heterocycles. The van der Waals surface area contributed by atoms with E-state index in [0.29, 0.717) is 18.2 Å². The fourth-order valence-corrected chi connectivity index (χ4v) is 3.42. The Hall–Kier alpha value is -1.59. The standard InChI is InChI=1S/C18H26N2O3/c1-2-23-18(21)15-3-5-16(6-4-15)19-9-11-20(12-10-19)17-7-13-22-14-8-17/h3-6,17H,2,7-14H2,1H3. The molecule has 0 radical (unpaired) electrons. The van der Waals surface area contributed by atoms with Gasteiger partial charge in [0.25, 0.3) is 0 Å². The number of esters is 1. The number of nitrogens with zero attached hydrogens (tertiary/aromatic N) is 2. The number of carbonyl (C=O) groups is 1. The Morgan fingerprint density at radius 1 is 1.13 bits per heavy atom. The molecular weight excluding hydrogens is 292 g/mol. The lowest BCUT2D eigenvalue weighted by Gasteiger charge is -2.41. The minimum atomic E-state index is -0.247. The van der Waals surface area contributed by atoms with Gasteiger partial charge in [-0.05, 0) is 44.0 Å². The normalized spacial score (nSPS) is 20.5. The van der Waals surface area contributed by atoms with E-state index in [1.165, 1.54) is 5.69 Å². The van der Waals surface area contributed by atoms with E-state index < -0.39 is 0 Å². The molecule has 2 aliphatic heterocycles. The van der Waals surface area contributed by atoms with Crippen LogP contribution in [-0.2, 0) is 9.47 Å². The van der Waals surface area contributed by atoms with Crippen molar-refractivity contribution in [2.24, 2.45) is 0 Å². The van der Waals surface area contributed by atoms with Crippen molar-refractivity contribution in [2.45, 2.75) is 25.8 Å². The Morgan fingerprint density at radius 3 is 2.39 bits per heavy atom. The fraction of sp³-hybridized carbons (Fsp3) is 0.611. The minimum Gasteiger partial charge on any atom is -0.462 e. The van der Waals surface area contributed by atoms with Crippen LogP contribution in [0.1, 0.15) is 30.1 Å². The van der Waals surface area contributed by atoms with Crippen molar-refractivity contribution >= 4 is 11.7 Å². The highest BCUT2D eigenvalue weighted by atomic mass is 16.5. The first-order valence-corrected chi connectivity index (χ1v) is 8.62. The third kappa shape index (κ3) is 4.03. The number of anilines is 1. The molecule has 0 bridgehead atoms. The summed E-state index contributed by atoms with van der Waals surface area (Å²) in [5, 5.41) is 0. The second-order valence-corrected chi connectivity index (χ2v) is 6.13. The van der Waals surface area contributed by atoms with Crippen molar-refractivity contribution in [3.63, 3.8) is 0 Å². The van der Waals surface area contributed by atoms with E-state index >= 15 is 0 Å². The van der Waals surface area contributed by atoms with Crippen LogP contribution in [0.25, 0.3) is 0 Å². The molecule has 126 valence electrons. The first-order valence-electron chi connectivity index (χ1n) is 8.62. The maximum Gasteiger partial charge on any atom is 0.338 e. The van der Waals surface area contributed by atoms with E-state index in [4.69, 9.17) is 9.47 Å². The van der Waals surface area contributed by atoms with E-state index in [0.717, 1.165) is 52.2 Å². The summed E-state index contributed by atoms with van der Waals surface area (Å²) in [6.45, 7) is 8.32. The molecule has 3 rings (SSSR count). The molecule has 1 aromatic carbocycles. The van der Waals surface area contributed by atoms with Crippen molar-refractivity contribution in [3.8, 4) is 0 Å². The van der Waals surface area contributed by atoms with Crippen LogP contribution < -0.4 is 4.90 Å².